The summed E-state index contributed by atoms with van der Waals surface area (Å²) in [4.78, 5) is 0. The molecule has 2 aromatic heterocycles. The summed E-state index contributed by atoms with van der Waals surface area (Å²) >= 11 is 0. The predicted molar refractivity (Wildman–Crippen MR) is 72.5 cm³/mol. The van der Waals surface area contributed by atoms with Crippen molar-refractivity contribution in [2.45, 2.75) is 12.6 Å². The fourth-order valence-electron chi connectivity index (χ4n) is 2.10. The summed E-state index contributed by atoms with van der Waals surface area (Å²) in [6.45, 7) is 0.733. The minimum atomic E-state index is 0.0473. The molecule has 1 atom stereocenters. The average Bonchev–Trinajstić information content (AvgIpc) is 3.13. The van der Waals surface area contributed by atoms with Gasteiger partial charge in [-0.3, -0.25) is 5.32 Å². The first-order valence-corrected chi connectivity index (χ1v) is 6.26. The predicted octanol–water partition coefficient (Wildman–Crippen LogP) is 3.75. The Hall–Kier alpha value is -2.26. The maximum atomic E-state index is 5.53. The number of furan rings is 2. The van der Waals surface area contributed by atoms with E-state index < -0.39 is 0 Å². The number of rotatable bonds is 5. The normalized spacial score (nSPS) is 12.4. The van der Waals surface area contributed by atoms with Gasteiger partial charge in [0.1, 0.15) is 5.76 Å². The number of hydrogen-bond acceptors (Lipinski definition) is 3. The first-order chi connectivity index (χ1) is 9.43. The first-order valence-electron chi connectivity index (χ1n) is 6.26. The van der Waals surface area contributed by atoms with Crippen molar-refractivity contribution in [3.63, 3.8) is 0 Å². The smallest absolute Gasteiger partial charge is 0.125 e. The van der Waals surface area contributed by atoms with Gasteiger partial charge in [0.05, 0.1) is 24.8 Å². The zero-order chi connectivity index (χ0) is 12.9. The van der Waals surface area contributed by atoms with Crippen molar-refractivity contribution in [1.82, 2.24) is 5.32 Å². The van der Waals surface area contributed by atoms with Crippen LogP contribution in [0.25, 0.3) is 0 Å². The van der Waals surface area contributed by atoms with E-state index in [0.717, 1.165) is 17.9 Å². The Morgan fingerprint density at radius 1 is 0.947 bits per heavy atom. The highest BCUT2D eigenvalue weighted by Crippen LogP contribution is 2.22. The second-order valence-corrected chi connectivity index (χ2v) is 4.37. The van der Waals surface area contributed by atoms with E-state index in [9.17, 15) is 0 Å². The van der Waals surface area contributed by atoms with Crippen molar-refractivity contribution < 1.29 is 8.83 Å². The molecule has 0 bridgehead atoms. The average molecular weight is 253 g/mol. The van der Waals surface area contributed by atoms with Crippen LogP contribution < -0.4 is 5.32 Å². The van der Waals surface area contributed by atoms with Gasteiger partial charge in [0.25, 0.3) is 0 Å². The van der Waals surface area contributed by atoms with Crippen LogP contribution in [-0.4, -0.2) is 0 Å². The third-order valence-corrected chi connectivity index (χ3v) is 3.05. The van der Waals surface area contributed by atoms with Gasteiger partial charge in [-0.25, -0.2) is 0 Å². The molecular weight excluding hydrogens is 238 g/mol. The van der Waals surface area contributed by atoms with Gasteiger partial charge in [-0.2, -0.15) is 0 Å². The molecule has 1 unspecified atom stereocenters. The Balaban J connectivity index is 1.81. The van der Waals surface area contributed by atoms with Crippen LogP contribution in [0.15, 0.2) is 76.2 Å². The van der Waals surface area contributed by atoms with Crippen molar-refractivity contribution in [3.05, 3.63) is 84.2 Å². The lowest BCUT2D eigenvalue weighted by Crippen LogP contribution is -2.21. The Bertz CT molecular complexity index is 585. The number of benzene rings is 1. The van der Waals surface area contributed by atoms with Crippen LogP contribution in [0.1, 0.15) is 22.9 Å². The monoisotopic (exact) mass is 253 g/mol. The molecule has 0 aliphatic heterocycles. The molecule has 0 amide bonds. The maximum Gasteiger partial charge on any atom is 0.125 e. The van der Waals surface area contributed by atoms with Crippen molar-refractivity contribution in [2.24, 2.45) is 0 Å². The molecule has 0 aliphatic carbocycles. The van der Waals surface area contributed by atoms with Crippen LogP contribution in [0.5, 0.6) is 0 Å². The Morgan fingerprint density at radius 2 is 1.84 bits per heavy atom. The highest BCUT2D eigenvalue weighted by Gasteiger charge is 2.15. The minimum absolute atomic E-state index is 0.0473. The SMILES string of the molecule is c1ccc(C(NCc2ccoc2)c2ccco2)cc1. The van der Waals surface area contributed by atoms with Crippen LogP contribution in [0.2, 0.25) is 0 Å². The molecular formula is C16H15NO2. The summed E-state index contributed by atoms with van der Waals surface area (Å²) in [6.07, 6.45) is 5.13. The molecule has 2 heterocycles. The Labute approximate surface area is 111 Å². The van der Waals surface area contributed by atoms with Gasteiger partial charge < -0.3 is 8.83 Å². The van der Waals surface area contributed by atoms with E-state index in [4.69, 9.17) is 8.83 Å². The maximum absolute atomic E-state index is 5.53. The van der Waals surface area contributed by atoms with E-state index in [1.807, 2.05) is 36.4 Å². The Morgan fingerprint density at radius 3 is 2.53 bits per heavy atom. The molecule has 0 saturated carbocycles. The van der Waals surface area contributed by atoms with E-state index in [-0.39, 0.29) is 6.04 Å². The van der Waals surface area contributed by atoms with Crippen LogP contribution in [-0.2, 0) is 6.54 Å². The third kappa shape index (κ3) is 2.77. The summed E-state index contributed by atoms with van der Waals surface area (Å²) in [5.41, 5.74) is 2.30. The summed E-state index contributed by atoms with van der Waals surface area (Å²) in [6, 6.07) is 16.2. The van der Waals surface area contributed by atoms with Gasteiger partial charge in [-0.15, -0.1) is 0 Å². The van der Waals surface area contributed by atoms with Crippen molar-refractivity contribution in [3.8, 4) is 0 Å². The molecule has 1 aromatic carbocycles. The van der Waals surface area contributed by atoms with Crippen LogP contribution >= 0.6 is 0 Å². The zero-order valence-corrected chi connectivity index (χ0v) is 10.5. The molecule has 19 heavy (non-hydrogen) atoms. The molecule has 3 nitrogen and oxygen atoms in total. The Kier molecular flexibility index (Phi) is 3.47. The number of hydrogen-bond donors (Lipinski definition) is 1. The molecule has 3 rings (SSSR count). The van der Waals surface area contributed by atoms with Gasteiger partial charge in [-0.05, 0) is 23.8 Å². The highest BCUT2D eigenvalue weighted by molar-refractivity contribution is 5.26. The lowest BCUT2D eigenvalue weighted by Gasteiger charge is -2.16. The first kappa shape index (κ1) is 11.8. The fraction of sp³-hybridized carbons (Fsp3) is 0.125. The lowest BCUT2D eigenvalue weighted by atomic mass is 10.0. The van der Waals surface area contributed by atoms with Crippen LogP contribution in [0.4, 0.5) is 0 Å². The second kappa shape index (κ2) is 5.59. The second-order valence-electron chi connectivity index (χ2n) is 4.37. The summed E-state index contributed by atoms with van der Waals surface area (Å²) in [5.74, 6) is 0.912. The minimum Gasteiger partial charge on any atom is -0.472 e. The molecule has 0 spiro atoms. The molecule has 3 aromatic rings. The van der Waals surface area contributed by atoms with Crippen molar-refractivity contribution >= 4 is 0 Å². The lowest BCUT2D eigenvalue weighted by molar-refractivity contribution is 0.445. The summed E-state index contributed by atoms with van der Waals surface area (Å²) in [7, 11) is 0. The van der Waals surface area contributed by atoms with Crippen LogP contribution in [0, 0.1) is 0 Å². The number of nitrogens with one attached hydrogen (secondary N) is 1. The van der Waals surface area contributed by atoms with E-state index in [1.54, 1.807) is 18.8 Å². The molecule has 0 aliphatic rings. The van der Waals surface area contributed by atoms with Gasteiger partial charge in [0.2, 0.25) is 0 Å². The van der Waals surface area contributed by atoms with Crippen molar-refractivity contribution in [1.29, 1.82) is 0 Å². The zero-order valence-electron chi connectivity index (χ0n) is 10.5. The molecule has 0 radical (unpaired) electrons. The molecule has 0 saturated heterocycles. The van der Waals surface area contributed by atoms with E-state index in [2.05, 4.69) is 17.4 Å². The quantitative estimate of drug-likeness (QED) is 0.752. The highest BCUT2D eigenvalue weighted by atomic mass is 16.3. The molecule has 1 N–H and O–H groups in total. The van der Waals surface area contributed by atoms with E-state index in [0.29, 0.717) is 0 Å². The standard InChI is InChI=1S/C16H15NO2/c1-2-5-14(6-3-1)16(15-7-4-9-19-15)17-11-13-8-10-18-12-13/h1-10,12,16-17H,11H2. The van der Waals surface area contributed by atoms with Gasteiger partial charge in [0.15, 0.2) is 0 Å². The largest absolute Gasteiger partial charge is 0.472 e. The van der Waals surface area contributed by atoms with Gasteiger partial charge in [0, 0.05) is 12.1 Å². The molecule has 96 valence electrons. The van der Waals surface area contributed by atoms with Gasteiger partial charge >= 0.3 is 0 Å². The van der Waals surface area contributed by atoms with Gasteiger partial charge in [-0.1, -0.05) is 30.3 Å². The van der Waals surface area contributed by atoms with E-state index in [1.165, 1.54) is 5.56 Å². The molecule has 3 heteroatoms. The third-order valence-electron chi connectivity index (χ3n) is 3.05. The van der Waals surface area contributed by atoms with E-state index >= 15 is 0 Å². The summed E-state index contributed by atoms with van der Waals surface area (Å²) < 4.78 is 10.6. The summed E-state index contributed by atoms with van der Waals surface area (Å²) in [5, 5.41) is 3.49. The fourth-order valence-corrected chi connectivity index (χ4v) is 2.10. The van der Waals surface area contributed by atoms with Crippen LogP contribution in [0.3, 0.4) is 0 Å². The molecule has 0 fully saturated rings. The van der Waals surface area contributed by atoms with Crippen molar-refractivity contribution in [2.75, 3.05) is 0 Å². The topological polar surface area (TPSA) is 38.3 Å².